The Bertz CT molecular complexity index is 714. The van der Waals surface area contributed by atoms with Crippen LogP contribution in [0.4, 0.5) is 0 Å². The number of guanidine groups is 1. The zero-order chi connectivity index (χ0) is 20.9. The molecule has 3 rings (SSSR count). The number of rotatable bonds is 7. The number of nitrogens with one attached hydrogen (secondary N) is 2. The Hall–Kier alpha value is -0.870. The molecule has 1 saturated carbocycles. The number of thiophene rings is 1. The summed E-state index contributed by atoms with van der Waals surface area (Å²) in [4.78, 5) is 23.5. The van der Waals surface area contributed by atoms with E-state index in [1.54, 1.807) is 9.78 Å². The van der Waals surface area contributed by atoms with Crippen molar-refractivity contribution in [2.45, 2.75) is 58.5 Å². The van der Waals surface area contributed by atoms with E-state index in [4.69, 9.17) is 4.99 Å². The minimum atomic E-state index is -0.320. The molecule has 6 nitrogen and oxygen atoms in total. The summed E-state index contributed by atoms with van der Waals surface area (Å²) in [5.41, 5.74) is 1.17. The highest BCUT2D eigenvalue weighted by molar-refractivity contribution is 14.0. The van der Waals surface area contributed by atoms with Gasteiger partial charge in [0, 0.05) is 51.2 Å². The predicted molar refractivity (Wildman–Crippen MR) is 137 cm³/mol. The maximum atomic E-state index is 12.8. The van der Waals surface area contributed by atoms with Crippen molar-refractivity contribution in [2.75, 3.05) is 40.3 Å². The molecule has 2 N–H and O–H groups in total. The molecule has 170 valence electrons. The van der Waals surface area contributed by atoms with Crippen molar-refractivity contribution in [3.8, 4) is 0 Å². The van der Waals surface area contributed by atoms with E-state index in [0.29, 0.717) is 12.6 Å². The molecular weight excluding hydrogens is 509 g/mol. The van der Waals surface area contributed by atoms with E-state index in [0.717, 1.165) is 64.2 Å². The van der Waals surface area contributed by atoms with E-state index in [1.165, 1.54) is 5.56 Å². The molecule has 1 aliphatic heterocycles. The lowest BCUT2D eigenvalue weighted by Crippen LogP contribution is -2.48. The number of amides is 1. The molecule has 1 aromatic rings. The predicted octanol–water partition coefficient (Wildman–Crippen LogP) is 3.32. The summed E-state index contributed by atoms with van der Waals surface area (Å²) in [6, 6.07) is 2.69. The van der Waals surface area contributed by atoms with Gasteiger partial charge in [-0.1, -0.05) is 12.8 Å². The third kappa shape index (κ3) is 6.09. The van der Waals surface area contributed by atoms with E-state index in [1.807, 2.05) is 25.4 Å². The van der Waals surface area contributed by atoms with Crippen molar-refractivity contribution >= 4 is 47.2 Å². The Kier molecular flexibility index (Phi) is 9.87. The lowest BCUT2D eigenvalue weighted by atomic mass is 9.85. The fourth-order valence-corrected chi connectivity index (χ4v) is 5.45. The number of halogens is 1. The SMILES string of the molecule is CCNC(=NCC1(C(=O)N(C)C)CCCC1)NCC(C)N1CCc2sccc2C1.I. The number of fused-ring (bicyclic) bond motifs is 1. The van der Waals surface area contributed by atoms with Gasteiger partial charge in [-0.15, -0.1) is 35.3 Å². The van der Waals surface area contributed by atoms with Crippen LogP contribution in [0, 0.1) is 5.41 Å². The zero-order valence-electron chi connectivity index (χ0n) is 18.9. The first-order valence-corrected chi connectivity index (χ1v) is 11.9. The molecule has 1 aliphatic carbocycles. The van der Waals surface area contributed by atoms with Gasteiger partial charge in [-0.05, 0) is 50.1 Å². The van der Waals surface area contributed by atoms with Gasteiger partial charge in [0.15, 0.2) is 5.96 Å². The molecular formula is C22H38IN5OS. The third-order valence-corrected chi connectivity index (χ3v) is 7.35. The maximum absolute atomic E-state index is 12.8. The molecule has 1 atom stereocenters. The third-order valence-electron chi connectivity index (χ3n) is 6.33. The molecule has 30 heavy (non-hydrogen) atoms. The fraction of sp³-hybridized carbons (Fsp3) is 0.727. The van der Waals surface area contributed by atoms with Crippen LogP contribution in [0.1, 0.15) is 50.0 Å². The van der Waals surface area contributed by atoms with Crippen LogP contribution >= 0.6 is 35.3 Å². The first-order chi connectivity index (χ1) is 13.9. The monoisotopic (exact) mass is 547 g/mol. The van der Waals surface area contributed by atoms with Crippen LogP contribution in [-0.4, -0.2) is 68.0 Å². The minimum Gasteiger partial charge on any atom is -0.357 e. The van der Waals surface area contributed by atoms with Crippen molar-refractivity contribution < 1.29 is 4.79 Å². The number of hydrogen-bond donors (Lipinski definition) is 2. The Morgan fingerprint density at radius 3 is 2.73 bits per heavy atom. The molecule has 0 radical (unpaired) electrons. The largest absolute Gasteiger partial charge is 0.357 e. The summed E-state index contributed by atoms with van der Waals surface area (Å²) in [7, 11) is 3.71. The molecule has 2 aliphatic rings. The van der Waals surface area contributed by atoms with Crippen molar-refractivity contribution in [2.24, 2.45) is 10.4 Å². The summed E-state index contributed by atoms with van der Waals surface area (Å²) < 4.78 is 0. The lowest BCUT2D eigenvalue weighted by Gasteiger charge is -2.33. The van der Waals surface area contributed by atoms with Gasteiger partial charge in [0.25, 0.3) is 0 Å². The molecule has 1 aromatic heterocycles. The van der Waals surface area contributed by atoms with Crippen LogP contribution in [0.2, 0.25) is 0 Å². The smallest absolute Gasteiger partial charge is 0.230 e. The van der Waals surface area contributed by atoms with Crippen LogP contribution in [0.25, 0.3) is 0 Å². The van der Waals surface area contributed by atoms with E-state index in [-0.39, 0.29) is 35.3 Å². The van der Waals surface area contributed by atoms with Crippen LogP contribution in [0.15, 0.2) is 16.4 Å². The number of carbonyl (C=O) groups is 1. The van der Waals surface area contributed by atoms with Gasteiger partial charge in [0.2, 0.25) is 5.91 Å². The second kappa shape index (κ2) is 11.7. The molecule has 0 saturated heterocycles. The molecule has 1 fully saturated rings. The van der Waals surface area contributed by atoms with Crippen molar-refractivity contribution in [3.05, 3.63) is 21.9 Å². The van der Waals surface area contributed by atoms with E-state index in [2.05, 4.69) is 40.8 Å². The quantitative estimate of drug-likeness (QED) is 0.313. The molecule has 2 heterocycles. The van der Waals surface area contributed by atoms with E-state index >= 15 is 0 Å². The highest BCUT2D eigenvalue weighted by Crippen LogP contribution is 2.39. The van der Waals surface area contributed by atoms with Crippen LogP contribution in [0.3, 0.4) is 0 Å². The Morgan fingerprint density at radius 2 is 2.07 bits per heavy atom. The van der Waals surface area contributed by atoms with Crippen molar-refractivity contribution in [1.29, 1.82) is 0 Å². The minimum absolute atomic E-state index is 0. The maximum Gasteiger partial charge on any atom is 0.230 e. The summed E-state index contributed by atoms with van der Waals surface area (Å²) in [5.74, 6) is 1.05. The summed E-state index contributed by atoms with van der Waals surface area (Å²) in [6.07, 6.45) is 5.28. The molecule has 1 unspecified atom stereocenters. The average molecular weight is 548 g/mol. The average Bonchev–Trinajstić information content (AvgIpc) is 3.38. The van der Waals surface area contributed by atoms with Gasteiger partial charge < -0.3 is 15.5 Å². The second-order valence-electron chi connectivity index (χ2n) is 8.70. The summed E-state index contributed by atoms with van der Waals surface area (Å²) >= 11 is 1.88. The molecule has 0 bridgehead atoms. The molecule has 8 heteroatoms. The zero-order valence-corrected chi connectivity index (χ0v) is 22.0. The first-order valence-electron chi connectivity index (χ1n) is 11.0. The summed E-state index contributed by atoms with van der Waals surface area (Å²) in [6.45, 7) is 8.74. The Labute approximate surface area is 202 Å². The normalized spacial score (nSPS) is 19.5. The number of hydrogen-bond acceptors (Lipinski definition) is 4. The second-order valence-corrected chi connectivity index (χ2v) is 9.70. The van der Waals surface area contributed by atoms with Gasteiger partial charge in [0.05, 0.1) is 12.0 Å². The lowest BCUT2D eigenvalue weighted by molar-refractivity contribution is -0.138. The van der Waals surface area contributed by atoms with Crippen molar-refractivity contribution in [3.63, 3.8) is 0 Å². The van der Waals surface area contributed by atoms with E-state index < -0.39 is 0 Å². The first kappa shape index (κ1) is 25.4. The number of carbonyl (C=O) groups excluding carboxylic acids is 1. The van der Waals surface area contributed by atoms with E-state index in [9.17, 15) is 4.79 Å². The van der Waals surface area contributed by atoms with Gasteiger partial charge >= 0.3 is 0 Å². The standard InChI is InChI=1S/C22H37N5OS.HI/c1-5-23-21(25-16-22(10-6-7-11-22)20(28)26(3)4)24-14-17(2)27-12-8-19-18(15-27)9-13-29-19;/h9,13,17H,5-8,10-12,14-16H2,1-4H3,(H2,23,24,25);1H. The van der Waals surface area contributed by atoms with Crippen LogP contribution in [0.5, 0.6) is 0 Å². The van der Waals surface area contributed by atoms with Gasteiger partial charge in [-0.25, -0.2) is 0 Å². The number of aliphatic imine (C=N–C) groups is 1. The van der Waals surface area contributed by atoms with Gasteiger partial charge in [-0.2, -0.15) is 0 Å². The summed E-state index contributed by atoms with van der Waals surface area (Å²) in [5, 5.41) is 9.09. The number of nitrogens with zero attached hydrogens (tertiary/aromatic N) is 3. The molecule has 0 aromatic carbocycles. The van der Waals surface area contributed by atoms with Crippen LogP contribution < -0.4 is 10.6 Å². The van der Waals surface area contributed by atoms with Gasteiger partial charge in [0.1, 0.15) is 0 Å². The topological polar surface area (TPSA) is 60.0 Å². The Morgan fingerprint density at radius 1 is 1.33 bits per heavy atom. The Balaban J connectivity index is 0.00000320. The van der Waals surface area contributed by atoms with Gasteiger partial charge in [-0.3, -0.25) is 14.7 Å². The van der Waals surface area contributed by atoms with Crippen molar-refractivity contribution in [1.82, 2.24) is 20.4 Å². The molecule has 0 spiro atoms. The highest BCUT2D eigenvalue weighted by Gasteiger charge is 2.42. The fourth-order valence-electron chi connectivity index (χ4n) is 4.56. The van der Waals surface area contributed by atoms with Crippen LogP contribution in [-0.2, 0) is 17.8 Å². The molecule has 1 amide bonds. The highest BCUT2D eigenvalue weighted by atomic mass is 127.